The standard InChI is InChI=1S/C15H22ClNO4/c1-17(14(18)8-5-9-16)10-11-21-13-7-4-6-12(19-2)15(13)20-3/h4,6-7H,5,8-11H2,1-3H3. The van der Waals surface area contributed by atoms with Gasteiger partial charge < -0.3 is 19.1 Å². The summed E-state index contributed by atoms with van der Waals surface area (Å²) in [6, 6.07) is 5.43. The molecule has 0 atom stereocenters. The third-order valence-electron chi connectivity index (χ3n) is 3.00. The molecule has 0 saturated carbocycles. The molecular formula is C15H22ClNO4. The summed E-state index contributed by atoms with van der Waals surface area (Å²) >= 11 is 5.58. The van der Waals surface area contributed by atoms with E-state index in [4.69, 9.17) is 25.8 Å². The van der Waals surface area contributed by atoms with Crippen molar-refractivity contribution in [2.45, 2.75) is 12.8 Å². The number of alkyl halides is 1. The molecule has 0 saturated heterocycles. The Kier molecular flexibility index (Phi) is 7.75. The van der Waals surface area contributed by atoms with Gasteiger partial charge in [-0.2, -0.15) is 0 Å². The second-order valence-electron chi connectivity index (χ2n) is 4.45. The molecule has 1 aromatic carbocycles. The van der Waals surface area contributed by atoms with Crippen LogP contribution < -0.4 is 14.2 Å². The number of nitrogens with zero attached hydrogens (tertiary/aromatic N) is 1. The maximum absolute atomic E-state index is 11.7. The van der Waals surface area contributed by atoms with E-state index in [-0.39, 0.29) is 5.91 Å². The number of likely N-dealkylation sites (N-methyl/N-ethyl adjacent to an activating group) is 1. The Morgan fingerprint density at radius 3 is 2.57 bits per heavy atom. The van der Waals surface area contributed by atoms with E-state index in [1.165, 1.54) is 0 Å². The van der Waals surface area contributed by atoms with Gasteiger partial charge in [0, 0.05) is 19.3 Å². The fraction of sp³-hybridized carbons (Fsp3) is 0.533. The smallest absolute Gasteiger partial charge is 0.222 e. The van der Waals surface area contributed by atoms with Gasteiger partial charge in [0.15, 0.2) is 11.5 Å². The molecule has 6 heteroatoms. The number of methoxy groups -OCH3 is 2. The van der Waals surface area contributed by atoms with Gasteiger partial charge in [-0.3, -0.25) is 4.79 Å². The highest BCUT2D eigenvalue weighted by Crippen LogP contribution is 2.36. The zero-order valence-corrected chi connectivity index (χ0v) is 13.5. The third kappa shape index (κ3) is 5.34. The van der Waals surface area contributed by atoms with Gasteiger partial charge in [0.25, 0.3) is 0 Å². The number of hydrogen-bond acceptors (Lipinski definition) is 4. The monoisotopic (exact) mass is 315 g/mol. The van der Waals surface area contributed by atoms with Crippen LogP contribution in [0.25, 0.3) is 0 Å². The van der Waals surface area contributed by atoms with Crippen LogP contribution in [0.1, 0.15) is 12.8 Å². The maximum atomic E-state index is 11.7. The van der Waals surface area contributed by atoms with Gasteiger partial charge >= 0.3 is 0 Å². The van der Waals surface area contributed by atoms with Gasteiger partial charge in [-0.25, -0.2) is 0 Å². The van der Waals surface area contributed by atoms with E-state index in [1.807, 2.05) is 6.07 Å². The number of halogens is 1. The molecule has 5 nitrogen and oxygen atoms in total. The van der Waals surface area contributed by atoms with E-state index in [9.17, 15) is 4.79 Å². The molecule has 21 heavy (non-hydrogen) atoms. The summed E-state index contributed by atoms with van der Waals surface area (Å²) in [7, 11) is 4.89. The summed E-state index contributed by atoms with van der Waals surface area (Å²) in [5.74, 6) is 2.32. The number of amides is 1. The predicted octanol–water partition coefficient (Wildman–Crippen LogP) is 2.56. The van der Waals surface area contributed by atoms with Crippen molar-refractivity contribution in [1.82, 2.24) is 4.90 Å². The zero-order chi connectivity index (χ0) is 15.7. The lowest BCUT2D eigenvalue weighted by Crippen LogP contribution is -2.30. The molecule has 1 rings (SSSR count). The lowest BCUT2D eigenvalue weighted by Gasteiger charge is -2.18. The van der Waals surface area contributed by atoms with Crippen LogP contribution in [-0.4, -0.2) is 51.1 Å². The second kappa shape index (κ2) is 9.34. The first-order valence-electron chi connectivity index (χ1n) is 6.77. The van der Waals surface area contributed by atoms with Crippen molar-refractivity contribution >= 4 is 17.5 Å². The quantitative estimate of drug-likeness (QED) is 0.657. The molecule has 0 radical (unpaired) electrons. The highest BCUT2D eigenvalue weighted by Gasteiger charge is 2.12. The molecule has 0 aliphatic rings. The fourth-order valence-corrected chi connectivity index (χ4v) is 1.93. The lowest BCUT2D eigenvalue weighted by molar-refractivity contribution is -0.130. The van der Waals surface area contributed by atoms with Gasteiger partial charge in [0.1, 0.15) is 6.61 Å². The van der Waals surface area contributed by atoms with E-state index in [2.05, 4.69) is 0 Å². The number of hydrogen-bond donors (Lipinski definition) is 0. The minimum atomic E-state index is 0.0665. The molecular weight excluding hydrogens is 294 g/mol. The molecule has 1 aromatic rings. The van der Waals surface area contributed by atoms with Crippen LogP contribution in [0, 0.1) is 0 Å². The van der Waals surface area contributed by atoms with Crippen molar-refractivity contribution < 1.29 is 19.0 Å². The van der Waals surface area contributed by atoms with Crippen LogP contribution in [0.4, 0.5) is 0 Å². The fourth-order valence-electron chi connectivity index (χ4n) is 1.80. The first-order chi connectivity index (χ1) is 10.1. The Morgan fingerprint density at radius 1 is 1.24 bits per heavy atom. The van der Waals surface area contributed by atoms with Crippen LogP contribution in [0.3, 0.4) is 0 Å². The highest BCUT2D eigenvalue weighted by molar-refractivity contribution is 6.17. The Labute approximate surface area is 130 Å². The van der Waals surface area contributed by atoms with Crippen LogP contribution >= 0.6 is 11.6 Å². The zero-order valence-electron chi connectivity index (χ0n) is 12.7. The van der Waals surface area contributed by atoms with Crippen LogP contribution in [0.5, 0.6) is 17.2 Å². The molecule has 0 heterocycles. The summed E-state index contributed by atoms with van der Waals surface area (Å²) in [6.07, 6.45) is 1.15. The molecule has 0 unspecified atom stereocenters. The molecule has 0 bridgehead atoms. The van der Waals surface area contributed by atoms with Crippen LogP contribution in [0.15, 0.2) is 18.2 Å². The molecule has 0 aliphatic heterocycles. The molecule has 0 spiro atoms. The van der Waals surface area contributed by atoms with Crippen molar-refractivity contribution in [2.75, 3.05) is 40.3 Å². The second-order valence-corrected chi connectivity index (χ2v) is 4.83. The van der Waals surface area contributed by atoms with Gasteiger partial charge in [-0.1, -0.05) is 6.07 Å². The summed E-state index contributed by atoms with van der Waals surface area (Å²) in [6.45, 7) is 0.883. The van der Waals surface area contributed by atoms with Crippen molar-refractivity contribution in [2.24, 2.45) is 0 Å². The Hall–Kier alpha value is -1.62. The summed E-state index contributed by atoms with van der Waals surface area (Å²) in [4.78, 5) is 13.4. The number of carbonyl (C=O) groups excluding carboxylic acids is 1. The van der Waals surface area contributed by atoms with E-state index in [0.717, 1.165) is 0 Å². The van der Waals surface area contributed by atoms with Crippen LogP contribution in [-0.2, 0) is 4.79 Å². The minimum Gasteiger partial charge on any atom is -0.493 e. The van der Waals surface area contributed by atoms with E-state index < -0.39 is 0 Å². The first kappa shape index (κ1) is 17.4. The van der Waals surface area contributed by atoms with Crippen molar-refractivity contribution in [3.05, 3.63) is 18.2 Å². The number of carbonyl (C=O) groups is 1. The average Bonchev–Trinajstić information content (AvgIpc) is 2.51. The van der Waals surface area contributed by atoms with Gasteiger partial charge in [0.05, 0.1) is 20.8 Å². The molecule has 118 valence electrons. The summed E-state index contributed by atoms with van der Waals surface area (Å²) < 4.78 is 16.2. The van der Waals surface area contributed by atoms with E-state index in [1.54, 1.807) is 38.3 Å². The van der Waals surface area contributed by atoms with Crippen molar-refractivity contribution in [3.63, 3.8) is 0 Å². The normalized spacial score (nSPS) is 10.1. The van der Waals surface area contributed by atoms with Gasteiger partial charge in [-0.05, 0) is 18.6 Å². The molecule has 1 amide bonds. The molecule has 0 N–H and O–H groups in total. The third-order valence-corrected chi connectivity index (χ3v) is 3.27. The van der Waals surface area contributed by atoms with E-state index >= 15 is 0 Å². The first-order valence-corrected chi connectivity index (χ1v) is 7.31. The topological polar surface area (TPSA) is 48.0 Å². The Morgan fingerprint density at radius 2 is 1.95 bits per heavy atom. The molecule has 0 fully saturated rings. The Bertz CT molecular complexity index is 453. The average molecular weight is 316 g/mol. The largest absolute Gasteiger partial charge is 0.493 e. The molecule has 0 aliphatic carbocycles. The SMILES string of the molecule is COc1cccc(OCCN(C)C(=O)CCCCl)c1OC. The summed E-state index contributed by atoms with van der Waals surface area (Å²) in [5.41, 5.74) is 0. The minimum absolute atomic E-state index is 0.0665. The predicted molar refractivity (Wildman–Crippen MR) is 82.6 cm³/mol. The Balaban J connectivity index is 2.50. The number of benzene rings is 1. The lowest BCUT2D eigenvalue weighted by atomic mass is 10.3. The maximum Gasteiger partial charge on any atom is 0.222 e. The van der Waals surface area contributed by atoms with Crippen LogP contribution in [0.2, 0.25) is 0 Å². The highest BCUT2D eigenvalue weighted by atomic mass is 35.5. The number of para-hydroxylation sites is 1. The van der Waals surface area contributed by atoms with Crippen molar-refractivity contribution in [1.29, 1.82) is 0 Å². The number of ether oxygens (including phenoxy) is 3. The van der Waals surface area contributed by atoms with E-state index in [0.29, 0.717) is 49.1 Å². The van der Waals surface area contributed by atoms with Gasteiger partial charge in [0.2, 0.25) is 11.7 Å². The van der Waals surface area contributed by atoms with Gasteiger partial charge in [-0.15, -0.1) is 11.6 Å². The number of rotatable bonds is 9. The molecule has 0 aromatic heterocycles. The summed E-state index contributed by atoms with van der Waals surface area (Å²) in [5, 5.41) is 0. The van der Waals surface area contributed by atoms with Crippen molar-refractivity contribution in [3.8, 4) is 17.2 Å².